The van der Waals surface area contributed by atoms with Crippen molar-refractivity contribution in [3.8, 4) is 0 Å². The Labute approximate surface area is 182 Å². The summed E-state index contributed by atoms with van der Waals surface area (Å²) in [6.07, 6.45) is 2.94. The van der Waals surface area contributed by atoms with Gasteiger partial charge >= 0.3 is 0 Å². The van der Waals surface area contributed by atoms with Gasteiger partial charge in [-0.2, -0.15) is 0 Å². The number of rotatable bonds is 9. The molecule has 2 amide bonds. The molecule has 2 aromatic rings. The molecular weight excluding hydrogens is 429 g/mol. The molecule has 6 N–H and O–H groups in total. The Morgan fingerprint density at radius 1 is 1.32 bits per heavy atom. The van der Waals surface area contributed by atoms with Crippen molar-refractivity contribution in [3.63, 3.8) is 0 Å². The second-order valence-electron chi connectivity index (χ2n) is 6.36. The lowest BCUT2D eigenvalue weighted by molar-refractivity contribution is -0.116. The van der Waals surface area contributed by atoms with E-state index in [0.717, 1.165) is 12.1 Å². The molecule has 2 rings (SSSR count). The van der Waals surface area contributed by atoms with Gasteiger partial charge in [0.25, 0.3) is 17.6 Å². The first-order valence-corrected chi connectivity index (χ1v) is 9.28. The minimum Gasteiger partial charge on any atom is -0.457 e. The first-order chi connectivity index (χ1) is 14.6. The van der Waals surface area contributed by atoms with Gasteiger partial charge in [-0.25, -0.2) is 10.2 Å². The summed E-state index contributed by atoms with van der Waals surface area (Å²) in [4.78, 5) is 36.8. The van der Waals surface area contributed by atoms with E-state index in [-0.39, 0.29) is 40.0 Å². The lowest BCUT2D eigenvalue weighted by atomic mass is 10.2. The number of amides is 2. The summed E-state index contributed by atoms with van der Waals surface area (Å²) in [5.74, 6) is 2.17. The molecule has 11 heteroatoms. The molecule has 1 aromatic carbocycles. The zero-order chi connectivity index (χ0) is 23.1. The number of nitrogens with zero attached hydrogens (tertiary/aromatic N) is 1. The number of hydrogen-bond acceptors (Lipinski definition) is 7. The highest BCUT2D eigenvalue weighted by molar-refractivity contribution is 6.42. The molecule has 0 saturated heterocycles. The second-order valence-corrected chi connectivity index (χ2v) is 6.77. The summed E-state index contributed by atoms with van der Waals surface area (Å²) in [5.41, 5.74) is 6.20. The minimum atomic E-state index is -0.990. The predicted octanol–water partition coefficient (Wildman–Crippen LogP) is 2.09. The van der Waals surface area contributed by atoms with Crippen LogP contribution in [0.3, 0.4) is 0 Å². The monoisotopic (exact) mass is 449 g/mol. The van der Waals surface area contributed by atoms with E-state index in [1.807, 2.05) is 0 Å². The molecule has 0 spiro atoms. The second kappa shape index (κ2) is 10.4. The predicted molar refractivity (Wildman–Crippen MR) is 114 cm³/mol. The first-order valence-electron chi connectivity index (χ1n) is 8.90. The van der Waals surface area contributed by atoms with E-state index < -0.39 is 23.4 Å². The van der Waals surface area contributed by atoms with Crippen LogP contribution in [0.1, 0.15) is 26.7 Å². The number of nitrogens with one attached hydrogen (secondary N) is 2. The van der Waals surface area contributed by atoms with E-state index >= 15 is 0 Å². The van der Waals surface area contributed by atoms with E-state index in [1.54, 1.807) is 6.08 Å². The Morgan fingerprint density at radius 3 is 2.68 bits per heavy atom. The Morgan fingerprint density at radius 2 is 2.03 bits per heavy atom. The quantitative estimate of drug-likeness (QED) is 0.151. The normalized spacial score (nSPS) is 11.0. The Kier molecular flexibility index (Phi) is 7.94. The number of aryl methyl sites for hydroxylation is 1. The number of hydrazine groups is 1. The smallest absolute Gasteiger partial charge is 0.296 e. The van der Waals surface area contributed by atoms with Gasteiger partial charge in [0, 0.05) is 23.7 Å². The molecule has 1 heterocycles. The SMILES string of the molecule is C=CCN(N)/C=C(\N)CNC(=O)C(=O)c1cc(C(=O)Nc2ccc(F)c(Cl)c2)c(C)o1. The molecule has 0 bridgehead atoms. The first kappa shape index (κ1) is 23.6. The number of carbonyl (C=O) groups is 3. The van der Waals surface area contributed by atoms with E-state index in [2.05, 4.69) is 17.2 Å². The van der Waals surface area contributed by atoms with E-state index in [0.29, 0.717) is 6.54 Å². The fraction of sp³-hybridized carbons (Fsp3) is 0.150. The van der Waals surface area contributed by atoms with Gasteiger partial charge in [-0.1, -0.05) is 17.7 Å². The van der Waals surface area contributed by atoms with Crippen LogP contribution in [0.5, 0.6) is 0 Å². The number of benzene rings is 1. The largest absolute Gasteiger partial charge is 0.457 e. The highest BCUT2D eigenvalue weighted by Crippen LogP contribution is 2.21. The maximum absolute atomic E-state index is 13.2. The number of ketones is 1. The molecule has 0 saturated carbocycles. The van der Waals surface area contributed by atoms with Crippen LogP contribution in [-0.4, -0.2) is 35.7 Å². The molecule has 0 atom stereocenters. The van der Waals surface area contributed by atoms with E-state index in [4.69, 9.17) is 27.6 Å². The van der Waals surface area contributed by atoms with Gasteiger partial charge in [0.1, 0.15) is 11.6 Å². The average Bonchev–Trinajstić information content (AvgIpc) is 3.10. The Hall–Kier alpha value is -3.63. The van der Waals surface area contributed by atoms with Gasteiger partial charge in [0.2, 0.25) is 0 Å². The topological polar surface area (TPSA) is 144 Å². The summed E-state index contributed by atoms with van der Waals surface area (Å²) in [5, 5.41) is 5.94. The highest BCUT2D eigenvalue weighted by Gasteiger charge is 2.24. The molecule has 31 heavy (non-hydrogen) atoms. The summed E-state index contributed by atoms with van der Waals surface area (Å²) in [7, 11) is 0. The third-order valence-electron chi connectivity index (χ3n) is 3.89. The molecule has 0 unspecified atom stereocenters. The van der Waals surface area contributed by atoms with Gasteiger partial charge < -0.3 is 25.8 Å². The van der Waals surface area contributed by atoms with Crippen LogP contribution in [0.4, 0.5) is 10.1 Å². The van der Waals surface area contributed by atoms with E-state index in [9.17, 15) is 18.8 Å². The number of hydrogen-bond donors (Lipinski definition) is 4. The van der Waals surface area contributed by atoms with Crippen LogP contribution in [0.15, 0.2) is 53.2 Å². The summed E-state index contributed by atoms with van der Waals surface area (Å²) >= 11 is 5.69. The van der Waals surface area contributed by atoms with Gasteiger partial charge in [0.05, 0.1) is 23.7 Å². The van der Waals surface area contributed by atoms with Crippen LogP contribution < -0.4 is 22.2 Å². The van der Waals surface area contributed by atoms with Crippen LogP contribution in [0, 0.1) is 12.7 Å². The molecule has 0 fully saturated rings. The van der Waals surface area contributed by atoms with Crippen molar-refractivity contribution in [2.75, 3.05) is 18.4 Å². The summed E-state index contributed by atoms with van der Waals surface area (Å²) < 4.78 is 18.5. The van der Waals surface area contributed by atoms with Gasteiger partial charge in [0.15, 0.2) is 5.76 Å². The third kappa shape index (κ3) is 6.43. The lowest BCUT2D eigenvalue weighted by Crippen LogP contribution is -2.35. The van der Waals surface area contributed by atoms with E-state index in [1.165, 1.54) is 30.3 Å². The average molecular weight is 450 g/mol. The molecule has 0 radical (unpaired) electrons. The van der Waals surface area contributed by atoms with Crippen LogP contribution in [0.2, 0.25) is 5.02 Å². The lowest BCUT2D eigenvalue weighted by Gasteiger charge is -2.12. The third-order valence-corrected chi connectivity index (χ3v) is 4.18. The fourth-order valence-corrected chi connectivity index (χ4v) is 2.61. The number of nitrogens with two attached hydrogens (primary N) is 2. The molecule has 0 aliphatic heterocycles. The maximum Gasteiger partial charge on any atom is 0.296 e. The van der Waals surface area contributed by atoms with Crippen LogP contribution >= 0.6 is 11.6 Å². The van der Waals surface area contributed by atoms with Crippen molar-refractivity contribution in [1.29, 1.82) is 0 Å². The zero-order valence-electron chi connectivity index (χ0n) is 16.6. The number of halogens is 2. The Bertz CT molecular complexity index is 1050. The molecule has 0 aliphatic rings. The van der Waals surface area contributed by atoms with Gasteiger partial charge in [-0.05, 0) is 25.1 Å². The molecule has 9 nitrogen and oxygen atoms in total. The zero-order valence-corrected chi connectivity index (χ0v) is 17.3. The number of carbonyl (C=O) groups excluding carboxylic acids is 3. The van der Waals surface area contributed by atoms with Crippen molar-refractivity contribution in [3.05, 3.63) is 76.7 Å². The van der Waals surface area contributed by atoms with Crippen molar-refractivity contribution < 1.29 is 23.2 Å². The highest BCUT2D eigenvalue weighted by atomic mass is 35.5. The molecule has 164 valence electrons. The van der Waals surface area contributed by atoms with Crippen molar-refractivity contribution in [2.45, 2.75) is 6.92 Å². The van der Waals surface area contributed by atoms with Gasteiger partial charge in [-0.3, -0.25) is 14.4 Å². The van der Waals surface area contributed by atoms with Crippen molar-refractivity contribution in [1.82, 2.24) is 10.3 Å². The molecule has 0 aliphatic carbocycles. The van der Waals surface area contributed by atoms with Crippen LogP contribution in [0.25, 0.3) is 0 Å². The standard InChI is InChI=1S/C20H21ClFN5O4/c1-3-6-27(24)10-12(23)9-25-20(30)18(28)17-8-14(11(2)31-17)19(29)26-13-4-5-16(22)15(21)7-13/h3-5,7-8,10H,1,6,9,23-24H2,2H3,(H,25,30)(H,26,29)/b12-10-. The molecule has 1 aromatic heterocycles. The maximum atomic E-state index is 13.2. The van der Waals surface area contributed by atoms with Gasteiger partial charge in [-0.15, -0.1) is 6.58 Å². The summed E-state index contributed by atoms with van der Waals surface area (Å²) in [6, 6.07) is 4.80. The van der Waals surface area contributed by atoms with Crippen molar-refractivity contribution >= 4 is 34.9 Å². The minimum absolute atomic E-state index is 0.0270. The number of furan rings is 1. The Balaban J connectivity index is 2.04. The number of Topliss-reactive ketones (excluding diaryl/α,β-unsaturated/α-hetero) is 1. The summed E-state index contributed by atoms with van der Waals surface area (Å²) in [6.45, 7) is 5.19. The molecular formula is C20H21ClFN5O4. The fourth-order valence-electron chi connectivity index (χ4n) is 2.43. The number of anilines is 1. The van der Waals surface area contributed by atoms with Crippen LogP contribution in [-0.2, 0) is 4.79 Å². The van der Waals surface area contributed by atoms with Crippen molar-refractivity contribution in [2.24, 2.45) is 11.6 Å².